The molecule has 1 aliphatic carbocycles. The molecule has 0 radical (unpaired) electrons. The number of nitrogens with zero attached hydrogens (tertiary/aromatic N) is 1. The zero-order valence-corrected chi connectivity index (χ0v) is 22.9. The number of phenols is 1. The smallest absolute Gasteiger partial charge is 0.322 e. The standard InChI is InChI=1S/C31H40N2O2S/c1-21(2)26-12-8-13-27(22(3)4)29(26)32-31(35)33(20-23-15-17-25(34)18-16-23)30(28-14-9-19-36-28)24-10-6-5-7-11-24/h8-9,12-19,21-22,24,30,34H,5-7,10-11,20H2,1-4H3,(H,32,35). The van der Waals surface area contributed by atoms with E-state index in [0.29, 0.717) is 24.3 Å². The van der Waals surface area contributed by atoms with E-state index in [2.05, 4.69) is 73.6 Å². The molecule has 0 aliphatic heterocycles. The number of nitrogens with one attached hydrogen (secondary N) is 1. The molecule has 1 aromatic heterocycles. The van der Waals surface area contributed by atoms with Gasteiger partial charge in [0.25, 0.3) is 0 Å². The second-order valence-electron chi connectivity index (χ2n) is 10.7. The number of anilines is 1. The van der Waals surface area contributed by atoms with Gasteiger partial charge in [-0.3, -0.25) is 0 Å². The van der Waals surface area contributed by atoms with Gasteiger partial charge in [0.2, 0.25) is 0 Å². The van der Waals surface area contributed by atoms with Crippen LogP contribution in [0.1, 0.15) is 99.2 Å². The molecule has 4 nitrogen and oxygen atoms in total. The van der Waals surface area contributed by atoms with Crippen molar-refractivity contribution in [3.05, 3.63) is 81.5 Å². The van der Waals surface area contributed by atoms with Crippen LogP contribution in [0.15, 0.2) is 60.0 Å². The highest BCUT2D eigenvalue weighted by Gasteiger charge is 2.34. The normalized spacial score (nSPS) is 15.3. The lowest BCUT2D eigenvalue weighted by Gasteiger charge is -2.39. The molecule has 2 N–H and O–H groups in total. The zero-order chi connectivity index (χ0) is 25.7. The summed E-state index contributed by atoms with van der Waals surface area (Å²) >= 11 is 1.74. The average molecular weight is 505 g/mol. The molecule has 4 rings (SSSR count). The third-order valence-electron chi connectivity index (χ3n) is 7.42. The first-order valence-corrected chi connectivity index (χ1v) is 14.2. The molecule has 0 spiro atoms. The van der Waals surface area contributed by atoms with E-state index in [0.717, 1.165) is 24.1 Å². The Hall–Kier alpha value is -2.79. The van der Waals surface area contributed by atoms with Gasteiger partial charge in [0, 0.05) is 17.1 Å². The number of amides is 2. The molecule has 36 heavy (non-hydrogen) atoms. The van der Waals surface area contributed by atoms with Gasteiger partial charge in [0.05, 0.1) is 6.04 Å². The van der Waals surface area contributed by atoms with Gasteiger partial charge in [-0.2, -0.15) is 0 Å². The summed E-state index contributed by atoms with van der Waals surface area (Å²) in [6.07, 6.45) is 5.99. The van der Waals surface area contributed by atoms with Gasteiger partial charge >= 0.3 is 6.03 Å². The minimum atomic E-state index is -0.0537. The Morgan fingerprint density at radius 3 is 2.14 bits per heavy atom. The van der Waals surface area contributed by atoms with Crippen molar-refractivity contribution in [1.82, 2.24) is 4.90 Å². The van der Waals surface area contributed by atoms with Crippen LogP contribution in [0, 0.1) is 5.92 Å². The largest absolute Gasteiger partial charge is 0.508 e. The minimum absolute atomic E-state index is 0.0211. The SMILES string of the molecule is CC(C)c1cccc(C(C)C)c1NC(=O)N(Cc1ccc(O)cc1)C(c1cccs1)C1CCCCC1. The number of carbonyl (C=O) groups excluding carboxylic acids is 1. The predicted octanol–water partition coefficient (Wildman–Crippen LogP) is 9.06. The number of rotatable bonds is 8. The fourth-order valence-corrected chi connectivity index (χ4v) is 6.45. The fraction of sp³-hybridized carbons (Fsp3) is 0.452. The highest BCUT2D eigenvalue weighted by Crippen LogP contribution is 2.42. The summed E-state index contributed by atoms with van der Waals surface area (Å²) < 4.78 is 0. The lowest BCUT2D eigenvalue weighted by Crippen LogP contribution is -2.41. The minimum Gasteiger partial charge on any atom is -0.508 e. The van der Waals surface area contributed by atoms with Gasteiger partial charge in [-0.05, 0) is 70.9 Å². The Bertz CT molecular complexity index is 1090. The maximum absolute atomic E-state index is 14.3. The van der Waals surface area contributed by atoms with Crippen LogP contribution in [0.4, 0.5) is 10.5 Å². The lowest BCUT2D eigenvalue weighted by molar-refractivity contribution is 0.136. The highest BCUT2D eigenvalue weighted by atomic mass is 32.1. The first-order chi connectivity index (χ1) is 17.3. The molecule has 1 unspecified atom stereocenters. The van der Waals surface area contributed by atoms with E-state index in [-0.39, 0.29) is 17.8 Å². The molecule has 3 aromatic rings. The fourth-order valence-electron chi connectivity index (χ4n) is 5.52. The summed E-state index contributed by atoms with van der Waals surface area (Å²) in [6.45, 7) is 9.21. The number of hydrogen-bond acceptors (Lipinski definition) is 3. The van der Waals surface area contributed by atoms with E-state index in [1.165, 1.54) is 35.3 Å². The second-order valence-corrected chi connectivity index (χ2v) is 11.7. The molecule has 1 saturated carbocycles. The molecule has 5 heteroatoms. The summed E-state index contributed by atoms with van der Waals surface area (Å²) in [7, 11) is 0. The van der Waals surface area contributed by atoms with E-state index in [4.69, 9.17) is 0 Å². The molecule has 2 amide bonds. The van der Waals surface area contributed by atoms with Crippen LogP contribution in [0.2, 0.25) is 0 Å². The molecule has 2 aromatic carbocycles. The van der Waals surface area contributed by atoms with Crippen molar-refractivity contribution in [3.63, 3.8) is 0 Å². The molecule has 1 heterocycles. The van der Waals surface area contributed by atoms with Crippen molar-refractivity contribution in [1.29, 1.82) is 0 Å². The highest BCUT2D eigenvalue weighted by molar-refractivity contribution is 7.10. The van der Waals surface area contributed by atoms with Crippen molar-refractivity contribution >= 4 is 23.1 Å². The van der Waals surface area contributed by atoms with Gasteiger partial charge in [-0.25, -0.2) is 4.79 Å². The molecule has 1 aliphatic rings. The van der Waals surface area contributed by atoms with E-state index in [9.17, 15) is 9.90 Å². The Morgan fingerprint density at radius 2 is 1.58 bits per heavy atom. The molecular weight excluding hydrogens is 464 g/mol. The van der Waals surface area contributed by atoms with Gasteiger partial charge in [-0.1, -0.05) is 83.4 Å². The molecule has 0 saturated heterocycles. The van der Waals surface area contributed by atoms with E-state index in [1.54, 1.807) is 23.5 Å². The van der Waals surface area contributed by atoms with E-state index < -0.39 is 0 Å². The average Bonchev–Trinajstić information content (AvgIpc) is 3.40. The van der Waals surface area contributed by atoms with Crippen LogP contribution in [0.25, 0.3) is 0 Å². The van der Waals surface area contributed by atoms with Crippen molar-refractivity contribution in [2.45, 2.75) is 84.2 Å². The Labute approximate surface area is 220 Å². The number of phenolic OH excluding ortho intramolecular Hbond substituents is 1. The number of benzene rings is 2. The van der Waals surface area contributed by atoms with Crippen molar-refractivity contribution in [2.24, 2.45) is 5.92 Å². The Balaban J connectivity index is 1.75. The van der Waals surface area contributed by atoms with Crippen LogP contribution < -0.4 is 5.32 Å². The summed E-state index contributed by atoms with van der Waals surface area (Å²) in [4.78, 5) is 17.6. The number of urea groups is 1. The van der Waals surface area contributed by atoms with Crippen LogP contribution in [0.5, 0.6) is 5.75 Å². The Morgan fingerprint density at radius 1 is 0.944 bits per heavy atom. The number of hydrogen-bond donors (Lipinski definition) is 2. The molecule has 192 valence electrons. The molecular formula is C31H40N2O2S. The van der Waals surface area contributed by atoms with Crippen LogP contribution in [-0.2, 0) is 6.54 Å². The van der Waals surface area contributed by atoms with Gasteiger partial charge in [-0.15, -0.1) is 11.3 Å². The summed E-state index contributed by atoms with van der Waals surface area (Å²) in [5, 5.41) is 15.3. The first-order valence-electron chi connectivity index (χ1n) is 13.4. The zero-order valence-electron chi connectivity index (χ0n) is 22.0. The van der Waals surface area contributed by atoms with Crippen LogP contribution >= 0.6 is 11.3 Å². The number of thiophene rings is 1. The Kier molecular flexibility index (Phi) is 8.73. The third kappa shape index (κ3) is 6.12. The van der Waals surface area contributed by atoms with Gasteiger partial charge < -0.3 is 15.3 Å². The van der Waals surface area contributed by atoms with E-state index >= 15 is 0 Å². The quantitative estimate of drug-likeness (QED) is 0.321. The topological polar surface area (TPSA) is 52.6 Å². The van der Waals surface area contributed by atoms with Crippen LogP contribution in [-0.4, -0.2) is 16.0 Å². The predicted molar refractivity (Wildman–Crippen MR) is 151 cm³/mol. The summed E-state index contributed by atoms with van der Waals surface area (Å²) in [6, 6.07) is 17.9. The summed E-state index contributed by atoms with van der Waals surface area (Å²) in [5.74, 6) is 1.28. The van der Waals surface area contributed by atoms with E-state index in [1.807, 2.05) is 12.1 Å². The summed E-state index contributed by atoms with van der Waals surface area (Å²) in [5.41, 5.74) is 4.31. The number of carbonyl (C=O) groups is 1. The number of aromatic hydroxyl groups is 1. The first kappa shape index (κ1) is 26.3. The van der Waals surface area contributed by atoms with Crippen molar-refractivity contribution in [2.75, 3.05) is 5.32 Å². The monoisotopic (exact) mass is 504 g/mol. The van der Waals surface area contributed by atoms with Crippen molar-refractivity contribution in [3.8, 4) is 5.75 Å². The lowest BCUT2D eigenvalue weighted by atomic mass is 9.82. The number of para-hydroxylation sites is 1. The van der Waals surface area contributed by atoms with Crippen molar-refractivity contribution < 1.29 is 9.90 Å². The maximum Gasteiger partial charge on any atom is 0.322 e. The van der Waals surface area contributed by atoms with Gasteiger partial charge in [0.1, 0.15) is 5.75 Å². The third-order valence-corrected chi connectivity index (χ3v) is 8.36. The maximum atomic E-state index is 14.3. The molecule has 1 atom stereocenters. The molecule has 1 fully saturated rings. The van der Waals surface area contributed by atoms with Crippen LogP contribution in [0.3, 0.4) is 0 Å². The molecule has 0 bridgehead atoms. The van der Waals surface area contributed by atoms with Gasteiger partial charge in [0.15, 0.2) is 0 Å². The second kappa shape index (κ2) is 12.0.